The summed E-state index contributed by atoms with van der Waals surface area (Å²) in [6.45, 7) is 5.92. The molecule has 0 aliphatic heterocycles. The number of nitrogens with one attached hydrogen (secondary N) is 1. The van der Waals surface area contributed by atoms with Crippen molar-refractivity contribution in [3.05, 3.63) is 58.1 Å². The van der Waals surface area contributed by atoms with E-state index in [1.54, 1.807) is 12.1 Å². The molecule has 0 aliphatic rings. The van der Waals surface area contributed by atoms with Crippen LogP contribution in [0.25, 0.3) is 0 Å². The fraction of sp³-hybridized carbons (Fsp3) is 0.267. The molecule has 0 fully saturated rings. The van der Waals surface area contributed by atoms with E-state index in [1.807, 2.05) is 32.9 Å². The summed E-state index contributed by atoms with van der Waals surface area (Å²) in [5.41, 5.74) is 3.84. The van der Waals surface area contributed by atoms with Gasteiger partial charge < -0.3 is 5.32 Å². The lowest BCUT2D eigenvalue weighted by Crippen LogP contribution is -2.08. The molecule has 2 rings (SSSR count). The summed E-state index contributed by atoms with van der Waals surface area (Å²) in [5, 5.41) is 3.50. The topological polar surface area (TPSA) is 24.9 Å². The molecule has 2 aromatic rings. The molecule has 1 unspecified atom stereocenters. The van der Waals surface area contributed by atoms with Gasteiger partial charge in [-0.05, 0) is 50.6 Å². The Bertz CT molecular complexity index is 599. The lowest BCUT2D eigenvalue weighted by molar-refractivity contribution is 0.627. The number of rotatable bonds is 3. The van der Waals surface area contributed by atoms with Crippen molar-refractivity contribution in [3.8, 4) is 0 Å². The van der Waals surface area contributed by atoms with Gasteiger partial charge in [-0.2, -0.15) is 0 Å². The minimum Gasteiger partial charge on any atom is -0.377 e. The van der Waals surface area contributed by atoms with Crippen LogP contribution < -0.4 is 5.32 Å². The number of aryl methyl sites for hydroxylation is 2. The van der Waals surface area contributed by atoms with Crippen LogP contribution >= 0.6 is 11.6 Å². The van der Waals surface area contributed by atoms with Crippen molar-refractivity contribution in [2.45, 2.75) is 26.8 Å². The molecule has 2 nitrogen and oxygen atoms in total. The van der Waals surface area contributed by atoms with Crippen LogP contribution in [0, 0.1) is 19.7 Å². The quantitative estimate of drug-likeness (QED) is 0.883. The molecule has 1 atom stereocenters. The van der Waals surface area contributed by atoms with E-state index in [9.17, 15) is 4.39 Å². The second-order valence-electron chi connectivity index (χ2n) is 4.63. The average molecular weight is 279 g/mol. The summed E-state index contributed by atoms with van der Waals surface area (Å²) in [7, 11) is 0. The highest BCUT2D eigenvalue weighted by Crippen LogP contribution is 2.24. The number of anilines is 1. The highest BCUT2D eigenvalue weighted by atomic mass is 35.5. The molecule has 4 heteroatoms. The van der Waals surface area contributed by atoms with Gasteiger partial charge in [-0.1, -0.05) is 17.7 Å². The van der Waals surface area contributed by atoms with Crippen molar-refractivity contribution in [3.63, 3.8) is 0 Å². The first-order valence-electron chi connectivity index (χ1n) is 6.13. The van der Waals surface area contributed by atoms with Gasteiger partial charge in [0.25, 0.3) is 0 Å². The van der Waals surface area contributed by atoms with E-state index >= 15 is 0 Å². The van der Waals surface area contributed by atoms with Gasteiger partial charge in [-0.3, -0.25) is 4.98 Å². The predicted octanol–water partition coefficient (Wildman–Crippen LogP) is 4.66. The second-order valence-corrected chi connectivity index (χ2v) is 5.03. The Hall–Kier alpha value is -1.61. The highest BCUT2D eigenvalue weighted by molar-refractivity contribution is 6.30. The SMILES string of the molecule is Cc1ccc(NC(C)c2ccc(F)c(Cl)c2)c(C)n1. The Kier molecular flexibility index (Phi) is 4.05. The van der Waals surface area contributed by atoms with Crippen LogP contribution in [-0.2, 0) is 0 Å². The molecule has 0 aliphatic carbocycles. The van der Waals surface area contributed by atoms with Gasteiger partial charge >= 0.3 is 0 Å². The van der Waals surface area contributed by atoms with E-state index in [-0.39, 0.29) is 11.1 Å². The van der Waals surface area contributed by atoms with Gasteiger partial charge in [0.15, 0.2) is 0 Å². The molecule has 0 amide bonds. The Morgan fingerprint density at radius 2 is 1.95 bits per heavy atom. The number of halogens is 2. The molecule has 0 spiro atoms. The van der Waals surface area contributed by atoms with Crippen molar-refractivity contribution >= 4 is 17.3 Å². The van der Waals surface area contributed by atoms with E-state index in [0.717, 1.165) is 22.6 Å². The third kappa shape index (κ3) is 3.24. The number of hydrogen-bond donors (Lipinski definition) is 1. The summed E-state index contributed by atoms with van der Waals surface area (Å²) in [6.07, 6.45) is 0. The largest absolute Gasteiger partial charge is 0.377 e. The lowest BCUT2D eigenvalue weighted by Gasteiger charge is -2.17. The Labute approximate surface area is 117 Å². The number of benzene rings is 1. The lowest BCUT2D eigenvalue weighted by atomic mass is 10.1. The van der Waals surface area contributed by atoms with Crippen LogP contribution in [0.3, 0.4) is 0 Å². The summed E-state index contributed by atoms with van der Waals surface area (Å²) in [5.74, 6) is -0.397. The molecule has 19 heavy (non-hydrogen) atoms. The minimum absolute atomic E-state index is 0.0290. The van der Waals surface area contributed by atoms with Gasteiger partial charge in [-0.25, -0.2) is 4.39 Å². The molecule has 0 bridgehead atoms. The number of aromatic nitrogens is 1. The molecule has 0 radical (unpaired) electrons. The monoisotopic (exact) mass is 278 g/mol. The van der Waals surface area contributed by atoms with Gasteiger partial charge in [0.05, 0.1) is 16.4 Å². The van der Waals surface area contributed by atoms with Crippen molar-refractivity contribution < 1.29 is 4.39 Å². The number of pyridine rings is 1. The summed E-state index contributed by atoms with van der Waals surface area (Å²) >= 11 is 5.80. The molecule has 0 saturated carbocycles. The highest BCUT2D eigenvalue weighted by Gasteiger charge is 2.09. The van der Waals surface area contributed by atoms with E-state index in [4.69, 9.17) is 11.6 Å². The van der Waals surface area contributed by atoms with Crippen molar-refractivity contribution in [1.29, 1.82) is 0 Å². The second kappa shape index (κ2) is 5.57. The van der Waals surface area contributed by atoms with Gasteiger partial charge in [0.2, 0.25) is 0 Å². The molecule has 1 aromatic heterocycles. The Morgan fingerprint density at radius 3 is 2.58 bits per heavy atom. The third-order valence-corrected chi connectivity index (χ3v) is 3.33. The summed E-state index contributed by atoms with van der Waals surface area (Å²) < 4.78 is 13.1. The minimum atomic E-state index is -0.397. The van der Waals surface area contributed by atoms with Crippen LogP contribution in [0.4, 0.5) is 10.1 Å². The van der Waals surface area contributed by atoms with Crippen LogP contribution in [0.2, 0.25) is 5.02 Å². The summed E-state index contributed by atoms with van der Waals surface area (Å²) in [6, 6.07) is 8.75. The fourth-order valence-corrected chi connectivity index (χ4v) is 2.13. The van der Waals surface area contributed by atoms with Crippen molar-refractivity contribution in [2.24, 2.45) is 0 Å². The average Bonchev–Trinajstić information content (AvgIpc) is 2.36. The maximum Gasteiger partial charge on any atom is 0.141 e. The summed E-state index contributed by atoms with van der Waals surface area (Å²) in [4.78, 5) is 4.40. The van der Waals surface area contributed by atoms with Crippen LogP contribution in [0.15, 0.2) is 30.3 Å². The Morgan fingerprint density at radius 1 is 1.21 bits per heavy atom. The van der Waals surface area contributed by atoms with Gasteiger partial charge in [0.1, 0.15) is 5.82 Å². The molecular formula is C15H16ClFN2. The van der Waals surface area contributed by atoms with E-state index in [1.165, 1.54) is 6.07 Å². The number of nitrogens with zero attached hydrogens (tertiary/aromatic N) is 1. The fourth-order valence-electron chi connectivity index (χ4n) is 1.94. The number of hydrogen-bond acceptors (Lipinski definition) is 2. The zero-order chi connectivity index (χ0) is 14.0. The van der Waals surface area contributed by atoms with Crippen LogP contribution in [-0.4, -0.2) is 4.98 Å². The van der Waals surface area contributed by atoms with Gasteiger partial charge in [-0.15, -0.1) is 0 Å². The zero-order valence-electron chi connectivity index (χ0n) is 11.2. The first-order chi connectivity index (χ1) is 8.97. The molecule has 1 aromatic carbocycles. The van der Waals surface area contributed by atoms with E-state index in [2.05, 4.69) is 10.3 Å². The first-order valence-corrected chi connectivity index (χ1v) is 6.51. The maximum absolute atomic E-state index is 13.1. The normalized spacial score (nSPS) is 12.3. The van der Waals surface area contributed by atoms with E-state index in [0.29, 0.717) is 0 Å². The zero-order valence-corrected chi connectivity index (χ0v) is 11.9. The molecule has 100 valence electrons. The van der Waals surface area contributed by atoms with Gasteiger partial charge in [0, 0.05) is 11.7 Å². The van der Waals surface area contributed by atoms with Crippen LogP contribution in [0.5, 0.6) is 0 Å². The van der Waals surface area contributed by atoms with Crippen molar-refractivity contribution in [1.82, 2.24) is 4.98 Å². The smallest absolute Gasteiger partial charge is 0.141 e. The molecule has 1 heterocycles. The van der Waals surface area contributed by atoms with E-state index < -0.39 is 5.82 Å². The first kappa shape index (κ1) is 13.8. The Balaban J connectivity index is 2.20. The molecule has 1 N–H and O–H groups in total. The van der Waals surface area contributed by atoms with Crippen molar-refractivity contribution in [2.75, 3.05) is 5.32 Å². The standard InChI is InChI=1S/C15H16ClFN2/c1-9-4-7-15(11(3)18-9)19-10(2)12-5-6-14(17)13(16)8-12/h4-8,10,19H,1-3H3. The van der Waals surface area contributed by atoms with Crippen LogP contribution in [0.1, 0.15) is 29.9 Å². The maximum atomic E-state index is 13.1. The predicted molar refractivity (Wildman–Crippen MR) is 77.2 cm³/mol. The third-order valence-electron chi connectivity index (χ3n) is 3.04. The molecular weight excluding hydrogens is 263 g/mol. The molecule has 0 saturated heterocycles.